The highest BCUT2D eigenvalue weighted by Gasteiger charge is 2.13. The fourth-order valence-electron chi connectivity index (χ4n) is 0.819. The lowest BCUT2D eigenvalue weighted by atomic mass is 10.2. The molecular weight excluding hydrogens is 229 g/mol. The summed E-state index contributed by atoms with van der Waals surface area (Å²) < 4.78 is 12.7. The maximum Gasteiger partial charge on any atom is 0.338 e. The minimum atomic E-state index is -1.18. The molecule has 0 unspecified atom stereocenters. The first-order chi connectivity index (χ1) is 5.52. The lowest BCUT2D eigenvalue weighted by Crippen LogP contribution is -2.03. The molecule has 64 valence electrons. The van der Waals surface area contributed by atoms with E-state index in [9.17, 15) is 9.18 Å². The van der Waals surface area contributed by atoms with Gasteiger partial charge in [0.25, 0.3) is 0 Å². The van der Waals surface area contributed by atoms with Gasteiger partial charge in [0, 0.05) is 4.47 Å². The zero-order valence-electron chi connectivity index (χ0n) is 5.84. The van der Waals surface area contributed by atoms with Gasteiger partial charge in [-0.05, 0) is 28.1 Å². The quantitative estimate of drug-likeness (QED) is 0.729. The highest BCUT2D eigenvalue weighted by Crippen LogP contribution is 2.24. The van der Waals surface area contributed by atoms with Crippen LogP contribution in [0.2, 0.25) is 0 Å². The van der Waals surface area contributed by atoms with E-state index in [2.05, 4.69) is 15.9 Å². The number of aromatic carboxylic acids is 1. The van der Waals surface area contributed by atoms with Gasteiger partial charge >= 0.3 is 5.97 Å². The largest absolute Gasteiger partial charge is 0.478 e. The van der Waals surface area contributed by atoms with Gasteiger partial charge in [0.2, 0.25) is 0 Å². The van der Waals surface area contributed by atoms with Crippen molar-refractivity contribution in [2.45, 2.75) is 0 Å². The molecule has 0 amide bonds. The molecule has 0 aliphatic rings. The monoisotopic (exact) mass is 233 g/mol. The molecule has 0 bridgehead atoms. The van der Waals surface area contributed by atoms with E-state index in [1.165, 1.54) is 0 Å². The van der Waals surface area contributed by atoms with E-state index >= 15 is 0 Å². The molecule has 12 heavy (non-hydrogen) atoms. The van der Waals surface area contributed by atoms with E-state index in [0.717, 1.165) is 12.1 Å². The van der Waals surface area contributed by atoms with Crippen LogP contribution >= 0.6 is 15.9 Å². The second-order valence-electron chi connectivity index (χ2n) is 2.16. The third-order valence-corrected chi connectivity index (χ3v) is 1.92. The predicted molar refractivity (Wildman–Crippen MR) is 45.5 cm³/mol. The highest BCUT2D eigenvalue weighted by molar-refractivity contribution is 9.10. The Morgan fingerprint density at radius 2 is 2.17 bits per heavy atom. The number of nitrogen functional groups attached to an aromatic ring is 1. The minimum absolute atomic E-state index is 0.0885. The number of benzene rings is 1. The van der Waals surface area contributed by atoms with E-state index in [0.29, 0.717) is 0 Å². The second-order valence-corrected chi connectivity index (χ2v) is 3.01. The Hall–Kier alpha value is -1.10. The summed E-state index contributed by atoms with van der Waals surface area (Å²) in [6, 6.07) is 2.02. The highest BCUT2D eigenvalue weighted by atomic mass is 79.9. The second kappa shape index (κ2) is 3.10. The molecular formula is C7H5BrFNO2. The summed E-state index contributed by atoms with van der Waals surface area (Å²) in [7, 11) is 0. The average Bonchev–Trinajstić information content (AvgIpc) is 1.82. The Bertz CT molecular complexity index is 317. The molecule has 0 saturated heterocycles. The molecule has 0 heterocycles. The summed E-state index contributed by atoms with van der Waals surface area (Å²) in [5.74, 6) is -1.75. The van der Waals surface area contributed by atoms with Gasteiger partial charge in [0.1, 0.15) is 5.82 Å². The van der Waals surface area contributed by atoms with Crippen molar-refractivity contribution in [2.75, 3.05) is 5.73 Å². The number of hydrogen-bond donors (Lipinski definition) is 2. The normalized spacial score (nSPS) is 9.83. The summed E-state index contributed by atoms with van der Waals surface area (Å²) in [5.41, 5.74) is 5.07. The zero-order chi connectivity index (χ0) is 9.30. The molecule has 3 nitrogen and oxygen atoms in total. The molecule has 1 aromatic carbocycles. The third kappa shape index (κ3) is 1.55. The first kappa shape index (κ1) is 8.99. The standard InChI is InChI=1S/C7H5BrFNO2/c8-4-1-3(9)2-5(10)6(4)7(11)12/h1-2H,10H2,(H,11,12). The Balaban J connectivity index is 3.38. The van der Waals surface area contributed by atoms with Gasteiger partial charge in [-0.1, -0.05) is 0 Å². The van der Waals surface area contributed by atoms with Gasteiger partial charge in [-0.2, -0.15) is 0 Å². The Morgan fingerprint density at radius 3 is 2.58 bits per heavy atom. The molecule has 1 rings (SSSR count). The van der Waals surface area contributed by atoms with Crippen molar-refractivity contribution in [1.29, 1.82) is 0 Å². The molecule has 0 atom stereocenters. The molecule has 1 aromatic rings. The van der Waals surface area contributed by atoms with Crippen LogP contribution in [0.25, 0.3) is 0 Å². The molecule has 0 spiro atoms. The lowest BCUT2D eigenvalue weighted by Gasteiger charge is -2.02. The summed E-state index contributed by atoms with van der Waals surface area (Å²) in [5, 5.41) is 8.60. The molecule has 0 fully saturated rings. The number of nitrogens with two attached hydrogens (primary N) is 1. The van der Waals surface area contributed by atoms with Gasteiger partial charge in [-0.25, -0.2) is 9.18 Å². The van der Waals surface area contributed by atoms with Crippen molar-refractivity contribution in [3.05, 3.63) is 28.0 Å². The lowest BCUT2D eigenvalue weighted by molar-refractivity contribution is 0.0697. The van der Waals surface area contributed by atoms with Crippen LogP contribution in [0, 0.1) is 5.82 Å². The zero-order valence-corrected chi connectivity index (χ0v) is 7.43. The van der Waals surface area contributed by atoms with Crippen LogP contribution in [0.1, 0.15) is 10.4 Å². The predicted octanol–water partition coefficient (Wildman–Crippen LogP) is 1.87. The molecule has 0 aliphatic heterocycles. The number of carbonyl (C=O) groups is 1. The number of halogens is 2. The molecule has 0 radical (unpaired) electrons. The fourth-order valence-corrected chi connectivity index (χ4v) is 1.44. The maximum absolute atomic E-state index is 12.6. The molecule has 0 aromatic heterocycles. The molecule has 3 N–H and O–H groups in total. The first-order valence-corrected chi connectivity index (χ1v) is 3.79. The Morgan fingerprint density at radius 1 is 1.58 bits per heavy atom. The summed E-state index contributed by atoms with van der Waals surface area (Å²) in [6.45, 7) is 0. The number of hydrogen-bond acceptors (Lipinski definition) is 2. The van der Waals surface area contributed by atoms with Crippen LogP contribution in [0.4, 0.5) is 10.1 Å². The SMILES string of the molecule is Nc1cc(F)cc(Br)c1C(=O)O. The molecule has 0 saturated carbocycles. The smallest absolute Gasteiger partial charge is 0.338 e. The fraction of sp³-hybridized carbons (Fsp3) is 0. The maximum atomic E-state index is 12.6. The molecule has 5 heteroatoms. The van der Waals surface area contributed by atoms with E-state index in [4.69, 9.17) is 10.8 Å². The van der Waals surface area contributed by atoms with Gasteiger partial charge < -0.3 is 10.8 Å². The number of carboxylic acid groups (broad SMARTS) is 1. The topological polar surface area (TPSA) is 63.3 Å². The minimum Gasteiger partial charge on any atom is -0.478 e. The number of anilines is 1. The van der Waals surface area contributed by atoms with Gasteiger partial charge in [-0.15, -0.1) is 0 Å². The van der Waals surface area contributed by atoms with E-state index in [-0.39, 0.29) is 15.7 Å². The van der Waals surface area contributed by atoms with Crippen LogP contribution in [0.5, 0.6) is 0 Å². The van der Waals surface area contributed by atoms with Crippen LogP contribution < -0.4 is 5.73 Å². The summed E-state index contributed by atoms with van der Waals surface area (Å²) >= 11 is 2.90. The van der Waals surface area contributed by atoms with Crippen LogP contribution in [-0.2, 0) is 0 Å². The van der Waals surface area contributed by atoms with Crippen molar-refractivity contribution in [3.63, 3.8) is 0 Å². The van der Waals surface area contributed by atoms with Crippen molar-refractivity contribution in [1.82, 2.24) is 0 Å². The number of carboxylic acids is 1. The molecule has 0 aliphatic carbocycles. The van der Waals surface area contributed by atoms with Crippen LogP contribution in [-0.4, -0.2) is 11.1 Å². The summed E-state index contributed by atoms with van der Waals surface area (Å²) in [6.07, 6.45) is 0. The Kier molecular flexibility index (Phi) is 2.32. The number of rotatable bonds is 1. The Labute approximate surface area is 76.1 Å². The van der Waals surface area contributed by atoms with Gasteiger partial charge in [-0.3, -0.25) is 0 Å². The van der Waals surface area contributed by atoms with Gasteiger partial charge in [0.15, 0.2) is 0 Å². The average molecular weight is 234 g/mol. The van der Waals surface area contributed by atoms with Crippen molar-refractivity contribution >= 4 is 27.6 Å². The van der Waals surface area contributed by atoms with Gasteiger partial charge in [0.05, 0.1) is 11.3 Å². The first-order valence-electron chi connectivity index (χ1n) is 3.00. The van der Waals surface area contributed by atoms with E-state index in [1.54, 1.807) is 0 Å². The van der Waals surface area contributed by atoms with Crippen molar-refractivity contribution in [2.24, 2.45) is 0 Å². The van der Waals surface area contributed by atoms with E-state index in [1.807, 2.05) is 0 Å². The summed E-state index contributed by atoms with van der Waals surface area (Å²) in [4.78, 5) is 10.5. The van der Waals surface area contributed by atoms with Crippen LogP contribution in [0.15, 0.2) is 16.6 Å². The van der Waals surface area contributed by atoms with Crippen LogP contribution in [0.3, 0.4) is 0 Å². The van der Waals surface area contributed by atoms with E-state index < -0.39 is 11.8 Å². The third-order valence-electron chi connectivity index (χ3n) is 1.30. The van der Waals surface area contributed by atoms with Crippen molar-refractivity contribution in [3.8, 4) is 0 Å². The van der Waals surface area contributed by atoms with Crippen molar-refractivity contribution < 1.29 is 14.3 Å².